The second-order valence-corrected chi connectivity index (χ2v) is 6.75. The Morgan fingerprint density at radius 3 is 2.72 bits per heavy atom. The maximum Gasteiger partial charge on any atom is 0.0837 e. The van der Waals surface area contributed by atoms with Crippen molar-refractivity contribution in [3.63, 3.8) is 0 Å². The topological polar surface area (TPSA) is 44.0 Å². The number of rotatable bonds is 2. The third kappa shape index (κ3) is 2.47. The molecule has 0 spiro atoms. The molecule has 2 nitrogen and oxygen atoms in total. The molecule has 0 radical (unpaired) electrons. The third-order valence-corrected chi connectivity index (χ3v) is 4.86. The normalized spacial score (nSPS) is 42.2. The summed E-state index contributed by atoms with van der Waals surface area (Å²) in [5.41, 5.74) is 0.901. The molecule has 0 amide bonds. The fraction of sp³-hybridized carbons (Fsp3) is 0.812. The number of hydrogen-bond acceptors (Lipinski definition) is 2. The second kappa shape index (κ2) is 5.05. The summed E-state index contributed by atoms with van der Waals surface area (Å²) in [6, 6.07) is 2.47. The van der Waals surface area contributed by atoms with Crippen LogP contribution in [0.1, 0.15) is 52.9 Å². The molecule has 0 aromatic heterocycles. The first-order chi connectivity index (χ1) is 8.47. The predicted octanol–water partition coefficient (Wildman–Crippen LogP) is 3.67. The van der Waals surface area contributed by atoms with E-state index in [9.17, 15) is 10.4 Å². The Kier molecular flexibility index (Phi) is 3.82. The monoisotopic (exact) mass is 247 g/mol. The first kappa shape index (κ1) is 13.6. The summed E-state index contributed by atoms with van der Waals surface area (Å²) in [5, 5.41) is 20.3. The fourth-order valence-corrected chi connectivity index (χ4v) is 4.05. The Morgan fingerprint density at radius 1 is 1.50 bits per heavy atom. The van der Waals surface area contributed by atoms with Gasteiger partial charge in [0.1, 0.15) is 0 Å². The standard InChI is InChI=1S/C16H25NO/c1-11-4-5-16(9-11,10-17)15(18)14-7-12(2)6-13(3)8-14/h6,11-12,14-15,18H,4-5,7-9H2,1-3H3. The lowest BCUT2D eigenvalue weighted by Gasteiger charge is -2.37. The molecular weight excluding hydrogens is 222 g/mol. The van der Waals surface area contributed by atoms with E-state index in [1.807, 2.05) is 0 Å². The highest BCUT2D eigenvalue weighted by atomic mass is 16.3. The predicted molar refractivity (Wildman–Crippen MR) is 72.7 cm³/mol. The van der Waals surface area contributed by atoms with Gasteiger partial charge in [0.2, 0.25) is 0 Å². The summed E-state index contributed by atoms with van der Waals surface area (Å²) in [4.78, 5) is 0. The molecular formula is C16H25NO. The molecule has 100 valence electrons. The largest absolute Gasteiger partial charge is 0.391 e. The van der Waals surface area contributed by atoms with Gasteiger partial charge in [0.25, 0.3) is 0 Å². The molecule has 5 atom stereocenters. The summed E-state index contributed by atoms with van der Waals surface area (Å²) in [6.45, 7) is 6.55. The fourth-order valence-electron chi connectivity index (χ4n) is 4.05. The number of hydrogen-bond donors (Lipinski definition) is 1. The summed E-state index contributed by atoms with van der Waals surface area (Å²) in [7, 11) is 0. The summed E-state index contributed by atoms with van der Waals surface area (Å²) < 4.78 is 0. The second-order valence-electron chi connectivity index (χ2n) is 6.75. The van der Waals surface area contributed by atoms with Crippen LogP contribution in [-0.2, 0) is 0 Å². The molecule has 0 aliphatic heterocycles. The third-order valence-electron chi connectivity index (χ3n) is 4.86. The van der Waals surface area contributed by atoms with Crippen molar-refractivity contribution < 1.29 is 5.11 Å². The van der Waals surface area contributed by atoms with Crippen LogP contribution in [0.15, 0.2) is 11.6 Å². The van der Waals surface area contributed by atoms with Crippen LogP contribution in [0.3, 0.4) is 0 Å². The molecule has 0 saturated heterocycles. The zero-order valence-electron chi connectivity index (χ0n) is 11.8. The van der Waals surface area contributed by atoms with Crippen LogP contribution in [0, 0.1) is 34.5 Å². The molecule has 18 heavy (non-hydrogen) atoms. The maximum absolute atomic E-state index is 10.7. The van der Waals surface area contributed by atoms with Gasteiger partial charge in [-0.2, -0.15) is 5.26 Å². The highest BCUT2D eigenvalue weighted by Crippen LogP contribution is 2.48. The van der Waals surface area contributed by atoms with Crippen molar-refractivity contribution in [3.05, 3.63) is 11.6 Å². The molecule has 0 aromatic carbocycles. The summed E-state index contributed by atoms with van der Waals surface area (Å²) >= 11 is 0. The molecule has 1 N–H and O–H groups in total. The van der Waals surface area contributed by atoms with Gasteiger partial charge in [-0.3, -0.25) is 0 Å². The average Bonchev–Trinajstić information content (AvgIpc) is 2.70. The lowest BCUT2D eigenvalue weighted by molar-refractivity contribution is 0.00540. The highest BCUT2D eigenvalue weighted by molar-refractivity contribution is 5.13. The maximum atomic E-state index is 10.7. The lowest BCUT2D eigenvalue weighted by Crippen LogP contribution is -2.39. The van der Waals surface area contributed by atoms with Gasteiger partial charge in [-0.05, 0) is 56.8 Å². The van der Waals surface area contributed by atoms with Gasteiger partial charge in [0, 0.05) is 0 Å². The quantitative estimate of drug-likeness (QED) is 0.757. The molecule has 2 aliphatic rings. The molecule has 0 aromatic rings. The molecule has 0 heterocycles. The van der Waals surface area contributed by atoms with Crippen LogP contribution in [-0.4, -0.2) is 11.2 Å². The van der Waals surface area contributed by atoms with E-state index in [1.54, 1.807) is 0 Å². The van der Waals surface area contributed by atoms with E-state index in [4.69, 9.17) is 0 Å². The highest BCUT2D eigenvalue weighted by Gasteiger charge is 2.47. The Bertz CT molecular complexity index is 381. The SMILES string of the molecule is CC1=CC(C)CC(C(O)C2(C#N)CCC(C)C2)C1. The minimum Gasteiger partial charge on any atom is -0.391 e. The molecule has 0 bridgehead atoms. The zero-order valence-corrected chi connectivity index (χ0v) is 11.8. The van der Waals surface area contributed by atoms with E-state index in [0.29, 0.717) is 11.8 Å². The van der Waals surface area contributed by atoms with E-state index in [0.717, 1.165) is 32.1 Å². The van der Waals surface area contributed by atoms with Crippen molar-refractivity contribution in [2.75, 3.05) is 0 Å². The Labute approximate surface area is 111 Å². The van der Waals surface area contributed by atoms with Crippen molar-refractivity contribution in [2.45, 2.75) is 59.0 Å². The smallest absolute Gasteiger partial charge is 0.0837 e. The molecule has 1 saturated carbocycles. The van der Waals surface area contributed by atoms with Crippen LogP contribution in [0.2, 0.25) is 0 Å². The Balaban J connectivity index is 2.14. The number of nitrogens with zero attached hydrogens (tertiary/aromatic N) is 1. The van der Waals surface area contributed by atoms with Crippen molar-refractivity contribution in [1.29, 1.82) is 5.26 Å². The molecule has 2 heteroatoms. The van der Waals surface area contributed by atoms with Crippen LogP contribution in [0.4, 0.5) is 0 Å². The minimum absolute atomic E-state index is 0.273. The van der Waals surface area contributed by atoms with E-state index in [-0.39, 0.29) is 5.92 Å². The zero-order chi connectivity index (χ0) is 13.3. The first-order valence-corrected chi connectivity index (χ1v) is 7.23. The van der Waals surface area contributed by atoms with Gasteiger partial charge in [-0.15, -0.1) is 0 Å². The van der Waals surface area contributed by atoms with Crippen molar-refractivity contribution in [1.82, 2.24) is 0 Å². The van der Waals surface area contributed by atoms with Crippen molar-refractivity contribution in [2.24, 2.45) is 23.2 Å². The summed E-state index contributed by atoms with van der Waals surface area (Å²) in [6.07, 6.45) is 6.68. The van der Waals surface area contributed by atoms with Crippen LogP contribution < -0.4 is 0 Å². The van der Waals surface area contributed by atoms with E-state index in [2.05, 4.69) is 32.9 Å². The van der Waals surface area contributed by atoms with Gasteiger partial charge in [0.05, 0.1) is 17.6 Å². The lowest BCUT2D eigenvalue weighted by atomic mass is 9.70. The number of allylic oxidation sites excluding steroid dienone is 2. The molecule has 5 unspecified atom stereocenters. The van der Waals surface area contributed by atoms with Crippen molar-refractivity contribution >= 4 is 0 Å². The molecule has 2 aliphatic carbocycles. The van der Waals surface area contributed by atoms with Crippen LogP contribution >= 0.6 is 0 Å². The van der Waals surface area contributed by atoms with Gasteiger partial charge in [0.15, 0.2) is 0 Å². The van der Waals surface area contributed by atoms with E-state index < -0.39 is 11.5 Å². The average molecular weight is 247 g/mol. The number of aliphatic hydroxyl groups excluding tert-OH is 1. The van der Waals surface area contributed by atoms with Gasteiger partial charge >= 0.3 is 0 Å². The first-order valence-electron chi connectivity index (χ1n) is 7.23. The molecule has 1 fully saturated rings. The van der Waals surface area contributed by atoms with Gasteiger partial charge < -0.3 is 5.11 Å². The van der Waals surface area contributed by atoms with Crippen LogP contribution in [0.5, 0.6) is 0 Å². The van der Waals surface area contributed by atoms with E-state index >= 15 is 0 Å². The number of aliphatic hydroxyl groups is 1. The minimum atomic E-state index is -0.471. The Hall–Kier alpha value is -0.810. The number of nitriles is 1. The Morgan fingerprint density at radius 2 is 2.22 bits per heavy atom. The van der Waals surface area contributed by atoms with Gasteiger partial charge in [-0.25, -0.2) is 0 Å². The van der Waals surface area contributed by atoms with Gasteiger partial charge in [-0.1, -0.05) is 25.5 Å². The van der Waals surface area contributed by atoms with Crippen molar-refractivity contribution in [3.8, 4) is 6.07 Å². The molecule has 2 rings (SSSR count). The van der Waals surface area contributed by atoms with Crippen LogP contribution in [0.25, 0.3) is 0 Å². The summed E-state index contributed by atoms with van der Waals surface area (Å²) in [5.74, 6) is 1.39. The van der Waals surface area contributed by atoms with E-state index in [1.165, 1.54) is 5.57 Å².